The zero-order chi connectivity index (χ0) is 11.1. The predicted molar refractivity (Wildman–Crippen MR) is 56.8 cm³/mol. The molecule has 2 rings (SSSR count). The van der Waals surface area contributed by atoms with Crippen molar-refractivity contribution in [3.05, 3.63) is 54.6 Å². The molecule has 0 bridgehead atoms. The first-order valence-corrected chi connectivity index (χ1v) is 4.33. The maximum atomic E-state index is 9.92. The molecule has 0 aromatic heterocycles. The van der Waals surface area contributed by atoms with Gasteiger partial charge in [-0.25, -0.2) is 9.59 Å². The summed E-state index contributed by atoms with van der Waals surface area (Å²) in [4.78, 5) is 19.8. The van der Waals surface area contributed by atoms with Crippen molar-refractivity contribution in [3.8, 4) is 0 Å². The second kappa shape index (κ2) is 8.05. The van der Waals surface area contributed by atoms with E-state index in [1.165, 1.54) is 5.56 Å². The van der Waals surface area contributed by atoms with Crippen molar-refractivity contribution in [2.24, 2.45) is 0 Å². The molecule has 0 spiro atoms. The van der Waals surface area contributed by atoms with E-state index >= 15 is 0 Å². The van der Waals surface area contributed by atoms with E-state index in [1.54, 1.807) is 0 Å². The first-order valence-electron chi connectivity index (χ1n) is 4.33. The summed E-state index contributed by atoms with van der Waals surface area (Å²) >= 11 is 0. The minimum atomic E-state index is -0.579. The number of ether oxygens (including phenoxy) is 1. The molecule has 0 saturated carbocycles. The number of hydrogen-bond donors (Lipinski definition) is 0. The van der Waals surface area contributed by atoms with Crippen LogP contribution < -0.4 is 29.6 Å². The smallest absolute Gasteiger partial charge is 0.387 e. The van der Waals surface area contributed by atoms with Gasteiger partial charge >= 0.3 is 41.5 Å². The molecule has 4 heteroatoms. The Bertz CT molecular complexity index is 380. The van der Waals surface area contributed by atoms with Gasteiger partial charge in [0.2, 0.25) is 0 Å². The van der Waals surface area contributed by atoms with Gasteiger partial charge in [-0.15, -0.1) is 0 Å². The monoisotopic (exact) mass is 225 g/mol. The van der Waals surface area contributed by atoms with Gasteiger partial charge in [0.1, 0.15) is 0 Å². The minimum Gasteiger partial charge on any atom is -0.387 e. The molecule has 76 valence electrons. The number of benzene rings is 1. The summed E-state index contributed by atoms with van der Waals surface area (Å²) in [6.45, 7) is 3.63. The molecule has 0 N–H and O–H groups in total. The Hall–Kier alpha value is -1.16. The van der Waals surface area contributed by atoms with Crippen LogP contribution in [0.5, 0.6) is 0 Å². The van der Waals surface area contributed by atoms with Crippen LogP contribution in [-0.4, -0.2) is 11.9 Å². The van der Waals surface area contributed by atoms with Crippen molar-refractivity contribution < 1.29 is 43.9 Å². The molecule has 3 nitrogen and oxygen atoms in total. The summed E-state index contributed by atoms with van der Waals surface area (Å²) in [6.07, 6.45) is 4.00. The molecule has 0 amide bonds. The molecular formula is C12H10NaO3+. The van der Waals surface area contributed by atoms with E-state index in [-0.39, 0.29) is 29.6 Å². The molecule has 1 aliphatic rings. The first kappa shape index (κ1) is 14.8. The summed E-state index contributed by atoms with van der Waals surface area (Å²) in [5, 5.41) is 0. The number of esters is 2. The van der Waals surface area contributed by atoms with Gasteiger partial charge < -0.3 is 4.74 Å². The Kier molecular flexibility index (Phi) is 7.46. The van der Waals surface area contributed by atoms with Gasteiger partial charge in [0, 0.05) is 12.2 Å². The van der Waals surface area contributed by atoms with E-state index in [0.29, 0.717) is 0 Å². The van der Waals surface area contributed by atoms with Crippen LogP contribution in [0.3, 0.4) is 0 Å². The minimum absolute atomic E-state index is 0. The van der Waals surface area contributed by atoms with Crippen molar-refractivity contribution in [3.63, 3.8) is 0 Å². The van der Waals surface area contributed by atoms with Crippen molar-refractivity contribution in [1.82, 2.24) is 0 Å². The largest absolute Gasteiger partial charge is 1.00 e. The van der Waals surface area contributed by atoms with E-state index in [4.69, 9.17) is 0 Å². The molecule has 1 aromatic rings. The Morgan fingerprint density at radius 1 is 1.00 bits per heavy atom. The SMILES string of the molecule is C=Cc1ccccc1.O=C1C=CC(=O)O1.[Na+]. The van der Waals surface area contributed by atoms with Gasteiger partial charge in [0.05, 0.1) is 0 Å². The summed E-state index contributed by atoms with van der Waals surface area (Å²) in [7, 11) is 0. The van der Waals surface area contributed by atoms with Gasteiger partial charge in [-0.1, -0.05) is 43.0 Å². The fraction of sp³-hybridized carbons (Fsp3) is 0. The summed E-state index contributed by atoms with van der Waals surface area (Å²) in [6, 6.07) is 10.0. The summed E-state index contributed by atoms with van der Waals surface area (Å²) in [5.74, 6) is -1.16. The zero-order valence-electron chi connectivity index (χ0n) is 9.05. The Morgan fingerprint density at radius 3 is 1.75 bits per heavy atom. The number of cyclic esters (lactones) is 2. The van der Waals surface area contributed by atoms with E-state index < -0.39 is 11.9 Å². The number of hydrogen-bond acceptors (Lipinski definition) is 3. The van der Waals surface area contributed by atoms with Crippen LogP contribution in [0.25, 0.3) is 6.08 Å². The fourth-order valence-corrected chi connectivity index (χ4v) is 0.892. The van der Waals surface area contributed by atoms with E-state index in [1.807, 2.05) is 36.4 Å². The molecule has 0 fully saturated rings. The van der Waals surface area contributed by atoms with Crippen molar-refractivity contribution in [2.45, 2.75) is 0 Å². The molecule has 1 aromatic carbocycles. The topological polar surface area (TPSA) is 43.4 Å². The van der Waals surface area contributed by atoms with Crippen molar-refractivity contribution in [1.29, 1.82) is 0 Å². The maximum absolute atomic E-state index is 9.92. The Balaban J connectivity index is 0.000000267. The quantitative estimate of drug-likeness (QED) is 0.348. The third-order valence-electron chi connectivity index (χ3n) is 1.59. The molecule has 0 aliphatic carbocycles. The van der Waals surface area contributed by atoms with Crippen LogP contribution in [-0.2, 0) is 14.3 Å². The molecule has 0 saturated heterocycles. The van der Waals surface area contributed by atoms with Crippen molar-refractivity contribution in [2.75, 3.05) is 0 Å². The van der Waals surface area contributed by atoms with Crippen LogP contribution in [0.15, 0.2) is 49.1 Å². The molecule has 1 heterocycles. The molecule has 1 aliphatic heterocycles. The van der Waals surface area contributed by atoms with Crippen LogP contribution in [0.2, 0.25) is 0 Å². The average molecular weight is 225 g/mol. The van der Waals surface area contributed by atoms with Gasteiger partial charge in [-0.3, -0.25) is 0 Å². The molecule has 16 heavy (non-hydrogen) atoms. The fourth-order valence-electron chi connectivity index (χ4n) is 0.892. The average Bonchev–Trinajstić information content (AvgIpc) is 2.65. The summed E-state index contributed by atoms with van der Waals surface area (Å²) in [5.41, 5.74) is 1.17. The maximum Gasteiger partial charge on any atom is 1.00 e. The van der Waals surface area contributed by atoms with Gasteiger partial charge in [0.15, 0.2) is 0 Å². The van der Waals surface area contributed by atoms with E-state index in [2.05, 4.69) is 11.3 Å². The zero-order valence-corrected chi connectivity index (χ0v) is 11.1. The van der Waals surface area contributed by atoms with Gasteiger partial charge in [-0.05, 0) is 5.56 Å². The number of carbonyl (C=O) groups excluding carboxylic acids is 2. The summed E-state index contributed by atoms with van der Waals surface area (Å²) < 4.78 is 3.97. The standard InChI is InChI=1S/C8H8.C4H2O3.Na/c1-2-8-6-4-3-5-7-8;5-3-1-2-4(6)7-3;/h2-7H,1H2;1-2H;/q;;+1. The predicted octanol–water partition coefficient (Wildman–Crippen LogP) is -1.04. The molecule has 0 radical (unpaired) electrons. The third kappa shape index (κ3) is 5.66. The Morgan fingerprint density at radius 2 is 1.50 bits per heavy atom. The number of carbonyl (C=O) groups is 2. The van der Waals surface area contributed by atoms with Gasteiger partial charge in [0.25, 0.3) is 0 Å². The Labute approximate surface area is 116 Å². The number of rotatable bonds is 1. The van der Waals surface area contributed by atoms with Crippen LogP contribution in [0, 0.1) is 0 Å². The van der Waals surface area contributed by atoms with Crippen molar-refractivity contribution >= 4 is 18.0 Å². The normalized spacial score (nSPS) is 12.0. The first-order chi connectivity index (χ1) is 7.22. The van der Waals surface area contributed by atoms with Gasteiger partial charge in [-0.2, -0.15) is 0 Å². The van der Waals surface area contributed by atoms with Crippen LogP contribution >= 0.6 is 0 Å². The van der Waals surface area contributed by atoms with Crippen LogP contribution in [0.1, 0.15) is 5.56 Å². The second-order valence-corrected chi connectivity index (χ2v) is 2.69. The molecule has 0 unspecified atom stereocenters. The van der Waals surface area contributed by atoms with Crippen LogP contribution in [0.4, 0.5) is 0 Å². The van der Waals surface area contributed by atoms with E-state index in [0.717, 1.165) is 12.2 Å². The van der Waals surface area contributed by atoms with E-state index in [9.17, 15) is 9.59 Å². The molecular weight excluding hydrogens is 215 g/mol. The second-order valence-electron chi connectivity index (χ2n) is 2.69. The molecule has 0 atom stereocenters. The third-order valence-corrected chi connectivity index (χ3v) is 1.59.